The van der Waals surface area contributed by atoms with Crippen LogP contribution >= 0.6 is 0 Å². The Labute approximate surface area is 737 Å². The standard InChI is InChI=1S/2C26H31N5O2S.C23H22N4O3S.C4H6O4.C3H9N.C2H3BO2.4CH4.Na/c2*1-4-29(2)22-12-10-19(11-13-22)20-14-24-25(21-16-28-30(3)17-21)18-31(26(24)27-15-20)34(32,33)23-8-6-5-7-9-23;1-26-14-18(13-25-26)22-15-27(31(29,30)20-5-3-2-4-6-20)23-21(22)11-17(12-24-23)16-7-9-19(28)10-8-16;1-3(5)7-8-4(2)6;1-3-4-2;1-2(4)5-3;;;;;/h2*5-9,14-19,22H,4,10-13H2,1-3H3;2-6,11-16H,7-10H2,1H3;1-2H3;4H,3H2,1-2H3;1H3;4*1H4;/q;;;;;-1;;;;;+1. The molecule has 0 unspecified atom stereocenters. The molecular weight excluding hydrogens is 1610 g/mol. The van der Waals surface area contributed by atoms with E-state index in [2.05, 4.69) is 105 Å². The van der Waals surface area contributed by atoms with E-state index in [1.807, 2.05) is 77.4 Å². The van der Waals surface area contributed by atoms with Gasteiger partial charge in [-0.3, -0.25) is 23.6 Å². The molecule has 3 radical (unpaired) electrons. The molecule has 3 fully saturated rings. The fourth-order valence-electron chi connectivity index (χ4n) is 14.6. The van der Waals surface area contributed by atoms with Crippen molar-refractivity contribution in [1.82, 2.24) is 71.3 Å². The van der Waals surface area contributed by atoms with Gasteiger partial charge in [0.05, 0.1) is 33.3 Å². The number of ketones is 1. The minimum atomic E-state index is -3.81. The second-order valence-corrected chi connectivity index (χ2v) is 34.5. The van der Waals surface area contributed by atoms with Gasteiger partial charge >= 0.3 is 41.5 Å². The predicted octanol–water partition coefficient (Wildman–Crippen LogP) is 12.6. The average Bonchev–Trinajstić information content (AvgIpc) is 1.61. The number of nitrogens with one attached hydrogen (secondary N) is 1. The Balaban J connectivity index is 0.000000288. The molecule has 28 nitrogen and oxygen atoms in total. The molecule has 0 amide bonds. The zero-order chi connectivity index (χ0) is 83.6. The van der Waals surface area contributed by atoms with Crippen LogP contribution in [0.1, 0.15) is 183 Å². The Hall–Kier alpha value is -9.77. The number of carbonyl (C=O) groups excluding carboxylic acids is 4. The summed E-state index contributed by atoms with van der Waals surface area (Å²) in [6, 6.07) is 33.0. The number of rotatable bonds is 17. The third kappa shape index (κ3) is 25.2. The van der Waals surface area contributed by atoms with Crippen molar-refractivity contribution in [2.75, 3.05) is 40.8 Å². The van der Waals surface area contributed by atoms with Crippen LogP contribution in [0.25, 0.3) is 66.5 Å². The van der Waals surface area contributed by atoms with Gasteiger partial charge in [-0.15, -0.1) is 0 Å². The van der Waals surface area contributed by atoms with Crippen LogP contribution in [0.15, 0.2) is 198 Å². The molecule has 0 bridgehead atoms. The molecule has 0 aliphatic heterocycles. The van der Waals surface area contributed by atoms with Crippen LogP contribution < -0.4 is 34.9 Å². The number of aryl methyl sites for hydroxylation is 3. The Bertz CT molecular complexity index is 5460. The van der Waals surface area contributed by atoms with Crippen LogP contribution in [-0.4, -0.2) is 176 Å². The summed E-state index contributed by atoms with van der Waals surface area (Å²) in [5.74, 6) is -0.305. The third-order valence-electron chi connectivity index (χ3n) is 21.2. The Kier molecular flexibility index (Phi) is 39.1. The second-order valence-electron chi connectivity index (χ2n) is 29.0. The summed E-state index contributed by atoms with van der Waals surface area (Å²) in [5, 5.41) is 18.3. The monoisotopic (exact) mass is 1720 g/mol. The molecule has 12 aromatic rings. The molecule has 1 N–H and O–H groups in total. The summed E-state index contributed by atoms with van der Waals surface area (Å²) < 4.78 is 93.5. The van der Waals surface area contributed by atoms with Gasteiger partial charge in [-0.1, -0.05) is 105 Å². The average molecular weight is 1720 g/mol. The maximum absolute atomic E-state index is 13.5. The van der Waals surface area contributed by atoms with E-state index in [1.165, 1.54) is 55.7 Å². The third-order valence-corrected chi connectivity index (χ3v) is 26.2. The summed E-state index contributed by atoms with van der Waals surface area (Å²) >= 11 is 0. The first-order chi connectivity index (χ1) is 55.5. The van der Waals surface area contributed by atoms with E-state index >= 15 is 0 Å². The van der Waals surface area contributed by atoms with E-state index in [-0.39, 0.29) is 79.9 Å². The number of pyridine rings is 3. The number of hydrogen-bond acceptors (Lipinski definition) is 22. The van der Waals surface area contributed by atoms with Gasteiger partial charge in [0.25, 0.3) is 30.1 Å². The van der Waals surface area contributed by atoms with Crippen molar-refractivity contribution in [3.63, 3.8) is 0 Å². The molecule has 9 aromatic heterocycles. The van der Waals surface area contributed by atoms with Gasteiger partial charge in [-0.25, -0.2) is 71.5 Å². The minimum Gasteiger partial charge on any atom is -0.793 e. The second kappa shape index (κ2) is 46.5. The zero-order valence-electron chi connectivity index (χ0n) is 68.7. The summed E-state index contributed by atoms with van der Waals surface area (Å²) in [6.07, 6.45) is 33.4. The van der Waals surface area contributed by atoms with Crippen molar-refractivity contribution in [1.29, 1.82) is 0 Å². The topological polar surface area (TPSA) is 324 Å². The van der Waals surface area contributed by atoms with Gasteiger partial charge in [0.1, 0.15) is 5.78 Å². The van der Waals surface area contributed by atoms with Crippen LogP contribution in [-0.2, 0) is 84.8 Å². The minimum absolute atomic E-state index is 0. The summed E-state index contributed by atoms with van der Waals surface area (Å²) in [7, 11) is 4.83. The maximum Gasteiger partial charge on any atom is 1.00 e. The number of nitrogens with zero attached hydrogens (tertiary/aromatic N) is 14. The molecule has 15 rings (SSSR count). The van der Waals surface area contributed by atoms with E-state index in [4.69, 9.17) is 9.97 Å². The van der Waals surface area contributed by atoms with Crippen LogP contribution in [0.4, 0.5) is 0 Å². The fourth-order valence-corrected chi connectivity index (χ4v) is 18.6. The summed E-state index contributed by atoms with van der Waals surface area (Å²) in [4.78, 5) is 68.0. The zero-order valence-corrected chi connectivity index (χ0v) is 73.1. The van der Waals surface area contributed by atoms with Crippen molar-refractivity contribution >= 4 is 94.9 Å². The summed E-state index contributed by atoms with van der Waals surface area (Å²) in [6.45, 7) is 13.2. The van der Waals surface area contributed by atoms with E-state index in [1.54, 1.807) is 136 Å². The van der Waals surface area contributed by atoms with Crippen molar-refractivity contribution in [3.8, 4) is 33.4 Å². The van der Waals surface area contributed by atoms with Crippen molar-refractivity contribution in [2.45, 2.75) is 193 Å². The normalized spacial score (nSPS) is 15.8. The molecule has 645 valence electrons. The Morgan fingerprint density at radius 3 is 0.934 bits per heavy atom. The fraction of sp³-hybridized carbons (Fsp3) is 0.409. The Morgan fingerprint density at radius 1 is 0.446 bits per heavy atom. The van der Waals surface area contributed by atoms with Crippen molar-refractivity contribution in [3.05, 3.63) is 200 Å². The number of fused-ring (bicyclic) bond motifs is 3. The number of benzene rings is 3. The number of Topliss-reactive ketones (excluding diaryl/α,β-unsaturated/α-hetero) is 1. The number of hydrogen-bond donors (Lipinski definition) is 1. The van der Waals surface area contributed by atoms with Gasteiger partial charge in [0, 0.05) is 172 Å². The van der Waals surface area contributed by atoms with Gasteiger partial charge in [0.15, 0.2) is 16.9 Å². The van der Waals surface area contributed by atoms with Crippen LogP contribution in [0.5, 0.6) is 0 Å². The van der Waals surface area contributed by atoms with Gasteiger partial charge in [-0.2, -0.15) is 15.3 Å². The molecule has 3 aliphatic carbocycles. The van der Waals surface area contributed by atoms with E-state index in [0.29, 0.717) is 59.5 Å². The van der Waals surface area contributed by atoms with Crippen LogP contribution in [0, 0.1) is 0 Å². The first-order valence-corrected chi connectivity index (χ1v) is 43.0. The van der Waals surface area contributed by atoms with E-state index in [0.717, 1.165) is 127 Å². The van der Waals surface area contributed by atoms with Crippen LogP contribution in [0.3, 0.4) is 0 Å². The maximum atomic E-state index is 13.5. The van der Waals surface area contributed by atoms with Crippen molar-refractivity contribution < 1.29 is 88.4 Å². The van der Waals surface area contributed by atoms with E-state index in [9.17, 15) is 44.4 Å². The SMILES string of the molecule is C.C.C.C.CC(=O)OOC(C)=O.CCN(C)C1CCC(c2cnc3c(c2)c(-c2cnn(C)c2)cn3S(=O)(=O)c2ccccc2)CC1.CCN(C)C1CCC(c2cnc3c(c2)c(-c2cnn(C)c2)cn3S(=O)(=O)c2ccccc2)CC1.CCNC.Cn1cc(-c2cn(S(=O)(=O)c3ccccc3)c3ncc(C4CCC(=O)CC4)cc23)cn1.[B-]OC(C)=O.[Na+]. The molecule has 3 aromatic carbocycles. The first-order valence-electron chi connectivity index (χ1n) is 38.7. The van der Waals surface area contributed by atoms with Gasteiger partial charge in [-0.05, 0) is 194 Å². The smallest absolute Gasteiger partial charge is 0.793 e. The molecular formula is C88H118BN15NaO13S3. The van der Waals surface area contributed by atoms with Crippen molar-refractivity contribution in [2.24, 2.45) is 21.1 Å². The molecule has 0 spiro atoms. The molecule has 33 heteroatoms. The largest absolute Gasteiger partial charge is 1.00 e. The molecule has 3 aliphatic rings. The van der Waals surface area contributed by atoms with Gasteiger partial charge in [0.2, 0.25) is 5.97 Å². The summed E-state index contributed by atoms with van der Waals surface area (Å²) in [5.41, 5.74) is 9.71. The molecule has 3 saturated carbocycles. The van der Waals surface area contributed by atoms with Gasteiger partial charge < -0.3 is 27.8 Å². The van der Waals surface area contributed by atoms with E-state index < -0.39 is 48.0 Å². The number of aromatic nitrogens is 12. The number of carbonyl (C=O) groups is 4. The Morgan fingerprint density at radius 2 is 0.711 bits per heavy atom. The predicted molar refractivity (Wildman–Crippen MR) is 473 cm³/mol. The first kappa shape index (κ1) is 102. The molecule has 0 saturated heterocycles. The quantitative estimate of drug-likeness (QED) is 0.0503. The molecule has 0 atom stereocenters. The molecule has 121 heavy (non-hydrogen) atoms. The van der Waals surface area contributed by atoms with Crippen LogP contribution in [0.2, 0.25) is 0 Å². The molecule has 9 heterocycles.